The molecular formula is C25H24O2. The van der Waals surface area contributed by atoms with E-state index in [0.29, 0.717) is 6.61 Å². The van der Waals surface area contributed by atoms with Crippen LogP contribution in [0.5, 0.6) is 11.5 Å². The van der Waals surface area contributed by atoms with Crippen LogP contribution in [0.15, 0.2) is 72.8 Å². The Balaban J connectivity index is 1.60. The first-order valence-electron chi connectivity index (χ1n) is 9.15. The summed E-state index contributed by atoms with van der Waals surface area (Å²) in [6.07, 6.45) is 0.183. The molecule has 0 N–H and O–H groups in total. The fourth-order valence-electron chi connectivity index (χ4n) is 2.74. The van der Waals surface area contributed by atoms with Crippen molar-refractivity contribution in [3.05, 3.63) is 83.9 Å². The van der Waals surface area contributed by atoms with Crippen molar-refractivity contribution >= 4 is 0 Å². The van der Waals surface area contributed by atoms with Crippen LogP contribution in [-0.4, -0.2) is 6.10 Å². The van der Waals surface area contributed by atoms with Gasteiger partial charge in [0.05, 0.1) is 6.10 Å². The van der Waals surface area contributed by atoms with Crippen LogP contribution >= 0.6 is 0 Å². The van der Waals surface area contributed by atoms with Crippen molar-refractivity contribution in [1.82, 2.24) is 0 Å². The molecule has 0 aliphatic heterocycles. The molecule has 3 rings (SSSR count). The molecule has 0 bridgehead atoms. The van der Waals surface area contributed by atoms with E-state index >= 15 is 0 Å². The second-order valence-corrected chi connectivity index (χ2v) is 6.58. The lowest BCUT2D eigenvalue weighted by atomic mass is 10.1. The van der Waals surface area contributed by atoms with Gasteiger partial charge >= 0.3 is 0 Å². The fraction of sp³-hybridized carbons (Fsp3) is 0.200. The smallest absolute Gasteiger partial charge is 0.119 e. The number of hydrogen-bond acceptors (Lipinski definition) is 2. The maximum absolute atomic E-state index is 5.89. The molecule has 0 saturated carbocycles. The van der Waals surface area contributed by atoms with Gasteiger partial charge in [0.1, 0.15) is 18.1 Å². The summed E-state index contributed by atoms with van der Waals surface area (Å²) < 4.78 is 11.6. The molecule has 0 amide bonds. The van der Waals surface area contributed by atoms with Crippen molar-refractivity contribution in [2.75, 3.05) is 0 Å². The first kappa shape index (κ1) is 18.6. The number of ether oxygens (including phenoxy) is 2. The van der Waals surface area contributed by atoms with Crippen LogP contribution in [0.3, 0.4) is 0 Å². The zero-order chi connectivity index (χ0) is 19.1. The highest BCUT2D eigenvalue weighted by molar-refractivity contribution is 5.64. The molecule has 3 aromatic carbocycles. The molecule has 0 aliphatic carbocycles. The van der Waals surface area contributed by atoms with Gasteiger partial charge in [-0.25, -0.2) is 0 Å². The monoisotopic (exact) mass is 356 g/mol. The molecule has 136 valence electrons. The molecule has 0 radical (unpaired) electrons. The maximum Gasteiger partial charge on any atom is 0.119 e. The average molecular weight is 356 g/mol. The van der Waals surface area contributed by atoms with E-state index in [4.69, 9.17) is 9.47 Å². The van der Waals surface area contributed by atoms with E-state index in [2.05, 4.69) is 48.2 Å². The van der Waals surface area contributed by atoms with E-state index in [-0.39, 0.29) is 6.10 Å². The summed E-state index contributed by atoms with van der Waals surface area (Å²) in [5, 5.41) is 0. The summed E-state index contributed by atoms with van der Waals surface area (Å²) in [4.78, 5) is 0. The second kappa shape index (κ2) is 8.96. The first-order valence-corrected chi connectivity index (χ1v) is 9.15. The Morgan fingerprint density at radius 1 is 0.741 bits per heavy atom. The van der Waals surface area contributed by atoms with Gasteiger partial charge in [0.25, 0.3) is 0 Å². The predicted molar refractivity (Wildman–Crippen MR) is 111 cm³/mol. The van der Waals surface area contributed by atoms with Crippen LogP contribution in [0, 0.1) is 11.8 Å². The van der Waals surface area contributed by atoms with Crippen molar-refractivity contribution in [2.24, 2.45) is 0 Å². The van der Waals surface area contributed by atoms with E-state index in [1.54, 1.807) is 0 Å². The maximum atomic E-state index is 5.89. The SMILES string of the molecule is CC#Cc1ccc(COc2ccc(-c3ccc(OC(C)C)cc3)cc2)cc1. The minimum atomic E-state index is 0.183. The normalized spacial score (nSPS) is 10.2. The molecule has 2 heteroatoms. The summed E-state index contributed by atoms with van der Waals surface area (Å²) in [6.45, 7) is 6.44. The largest absolute Gasteiger partial charge is 0.491 e. The zero-order valence-corrected chi connectivity index (χ0v) is 16.0. The topological polar surface area (TPSA) is 18.5 Å². The van der Waals surface area contributed by atoms with E-state index in [1.165, 1.54) is 0 Å². The van der Waals surface area contributed by atoms with E-state index < -0.39 is 0 Å². The van der Waals surface area contributed by atoms with Crippen molar-refractivity contribution in [2.45, 2.75) is 33.5 Å². The molecule has 27 heavy (non-hydrogen) atoms. The highest BCUT2D eigenvalue weighted by Gasteiger charge is 2.02. The van der Waals surface area contributed by atoms with Gasteiger partial charge in [-0.15, -0.1) is 5.92 Å². The highest BCUT2D eigenvalue weighted by Crippen LogP contribution is 2.25. The van der Waals surface area contributed by atoms with Crippen LogP contribution in [0.1, 0.15) is 31.9 Å². The van der Waals surface area contributed by atoms with Gasteiger partial charge in [-0.05, 0) is 73.9 Å². The van der Waals surface area contributed by atoms with E-state index in [1.807, 2.05) is 57.2 Å². The molecule has 0 heterocycles. The Morgan fingerprint density at radius 3 is 1.81 bits per heavy atom. The van der Waals surface area contributed by atoms with E-state index in [0.717, 1.165) is 33.8 Å². The zero-order valence-electron chi connectivity index (χ0n) is 16.0. The molecule has 0 atom stereocenters. The van der Waals surface area contributed by atoms with Gasteiger partial charge in [0.2, 0.25) is 0 Å². The Labute approximate surface area is 161 Å². The van der Waals surface area contributed by atoms with Crippen molar-refractivity contribution in [3.63, 3.8) is 0 Å². The Hall–Kier alpha value is -3.18. The molecule has 0 spiro atoms. The minimum Gasteiger partial charge on any atom is -0.491 e. The van der Waals surface area contributed by atoms with Crippen molar-refractivity contribution < 1.29 is 9.47 Å². The third-order valence-corrected chi connectivity index (χ3v) is 4.04. The van der Waals surface area contributed by atoms with Gasteiger partial charge in [-0.2, -0.15) is 0 Å². The van der Waals surface area contributed by atoms with Crippen molar-refractivity contribution in [3.8, 4) is 34.5 Å². The average Bonchev–Trinajstić information content (AvgIpc) is 2.68. The molecule has 0 saturated heterocycles. The third kappa shape index (κ3) is 5.39. The minimum absolute atomic E-state index is 0.183. The van der Waals surface area contributed by atoms with Crippen LogP contribution in [-0.2, 0) is 6.61 Å². The molecule has 3 aromatic rings. The summed E-state index contributed by atoms with van der Waals surface area (Å²) in [5.41, 5.74) is 4.46. The summed E-state index contributed by atoms with van der Waals surface area (Å²) in [6, 6.07) is 24.5. The number of benzene rings is 3. The quantitative estimate of drug-likeness (QED) is 0.498. The summed E-state index contributed by atoms with van der Waals surface area (Å²) >= 11 is 0. The van der Waals surface area contributed by atoms with Gasteiger partial charge in [-0.3, -0.25) is 0 Å². The first-order chi connectivity index (χ1) is 13.1. The Bertz CT molecular complexity index is 909. The standard InChI is InChI=1S/C25H24O2/c1-4-5-20-6-8-21(9-7-20)18-26-24-14-10-22(11-15-24)23-12-16-25(17-13-23)27-19(2)3/h6-17,19H,18H2,1-3H3. The molecule has 2 nitrogen and oxygen atoms in total. The fourth-order valence-corrected chi connectivity index (χ4v) is 2.74. The van der Waals surface area contributed by atoms with Gasteiger partial charge in [0, 0.05) is 5.56 Å². The lowest BCUT2D eigenvalue weighted by molar-refractivity contribution is 0.242. The van der Waals surface area contributed by atoms with Crippen molar-refractivity contribution in [1.29, 1.82) is 0 Å². The predicted octanol–water partition coefficient (Wildman–Crippen LogP) is 6.09. The Kier molecular flexibility index (Phi) is 6.18. The highest BCUT2D eigenvalue weighted by atomic mass is 16.5. The molecule has 0 fully saturated rings. The van der Waals surface area contributed by atoms with Gasteiger partial charge in [0.15, 0.2) is 0 Å². The van der Waals surface area contributed by atoms with Crippen LogP contribution in [0.4, 0.5) is 0 Å². The second-order valence-electron chi connectivity index (χ2n) is 6.58. The van der Waals surface area contributed by atoms with Crippen LogP contribution in [0.25, 0.3) is 11.1 Å². The van der Waals surface area contributed by atoms with Crippen LogP contribution < -0.4 is 9.47 Å². The van der Waals surface area contributed by atoms with E-state index in [9.17, 15) is 0 Å². The third-order valence-electron chi connectivity index (χ3n) is 4.04. The Morgan fingerprint density at radius 2 is 1.30 bits per heavy atom. The van der Waals surface area contributed by atoms with Gasteiger partial charge < -0.3 is 9.47 Å². The summed E-state index contributed by atoms with van der Waals surface area (Å²) in [5.74, 6) is 7.70. The number of rotatable bonds is 6. The van der Waals surface area contributed by atoms with Gasteiger partial charge in [-0.1, -0.05) is 42.3 Å². The molecule has 0 unspecified atom stereocenters. The summed E-state index contributed by atoms with van der Waals surface area (Å²) in [7, 11) is 0. The number of hydrogen-bond donors (Lipinski definition) is 0. The lowest BCUT2D eigenvalue weighted by Gasteiger charge is -2.11. The molecule has 0 aliphatic rings. The molecular weight excluding hydrogens is 332 g/mol. The molecule has 0 aromatic heterocycles. The van der Waals surface area contributed by atoms with Crippen LogP contribution in [0.2, 0.25) is 0 Å². The lowest BCUT2D eigenvalue weighted by Crippen LogP contribution is -2.05.